The number of carbonyl (C=O) groups is 2. The average Bonchev–Trinajstić information content (AvgIpc) is 2.81. The van der Waals surface area contributed by atoms with E-state index in [1.807, 2.05) is 30.5 Å². The van der Waals surface area contributed by atoms with Gasteiger partial charge in [-0.15, -0.1) is 0 Å². The summed E-state index contributed by atoms with van der Waals surface area (Å²) in [7, 11) is 0. The Balaban J connectivity index is 1.91. The van der Waals surface area contributed by atoms with Crippen LogP contribution in [0.1, 0.15) is 45.9 Å². The molecule has 28 heavy (non-hydrogen) atoms. The lowest BCUT2D eigenvalue weighted by Gasteiger charge is -2.27. The molecule has 0 bridgehead atoms. The number of amides is 3. The molecule has 1 aromatic carbocycles. The normalized spacial score (nSPS) is 16.8. The van der Waals surface area contributed by atoms with Crippen molar-refractivity contribution < 1.29 is 9.59 Å². The molecule has 2 heterocycles. The number of thioether (sulfide) groups is 1. The van der Waals surface area contributed by atoms with Crippen LogP contribution < -0.4 is 4.90 Å². The Hall–Kier alpha value is -2.41. The number of hydrogen-bond acceptors (Lipinski definition) is 5. The first-order valence-corrected chi connectivity index (χ1v) is 10.4. The van der Waals surface area contributed by atoms with Gasteiger partial charge in [0.2, 0.25) is 0 Å². The van der Waals surface area contributed by atoms with E-state index in [4.69, 9.17) is 0 Å². The number of carbonyl (C=O) groups excluding carboxylic acids is 2. The summed E-state index contributed by atoms with van der Waals surface area (Å²) in [5.74, 6) is -0.236. The van der Waals surface area contributed by atoms with Gasteiger partial charge in [0.15, 0.2) is 5.16 Å². The van der Waals surface area contributed by atoms with Crippen LogP contribution in [0.25, 0.3) is 0 Å². The average molecular weight is 399 g/mol. The molecule has 0 aliphatic carbocycles. The Kier molecular flexibility index (Phi) is 5.23. The highest BCUT2D eigenvalue weighted by atomic mass is 32.2. The zero-order chi connectivity index (χ0) is 20.7. The van der Waals surface area contributed by atoms with Crippen LogP contribution in [0.15, 0.2) is 41.7 Å². The Bertz CT molecular complexity index is 903. The van der Waals surface area contributed by atoms with E-state index >= 15 is 0 Å². The second-order valence-corrected chi connectivity index (χ2v) is 9.17. The van der Waals surface area contributed by atoms with E-state index in [0.717, 1.165) is 5.56 Å². The second-order valence-electron chi connectivity index (χ2n) is 8.40. The predicted molar refractivity (Wildman–Crippen MR) is 111 cm³/mol. The highest BCUT2D eigenvalue weighted by Crippen LogP contribution is 2.34. The van der Waals surface area contributed by atoms with Crippen molar-refractivity contribution in [2.75, 3.05) is 11.2 Å². The fourth-order valence-electron chi connectivity index (χ4n) is 3.16. The molecule has 2 aromatic rings. The van der Waals surface area contributed by atoms with Crippen LogP contribution in [0, 0.1) is 0 Å². The minimum atomic E-state index is -0.954. The summed E-state index contributed by atoms with van der Waals surface area (Å²) in [6.07, 6.45) is 3.57. The van der Waals surface area contributed by atoms with Gasteiger partial charge < -0.3 is 4.90 Å². The third kappa shape index (κ3) is 3.63. The predicted octanol–water partition coefficient (Wildman–Crippen LogP) is 4.24. The number of benzene rings is 1. The van der Waals surface area contributed by atoms with Crippen LogP contribution in [0.3, 0.4) is 0 Å². The molecule has 3 amide bonds. The van der Waals surface area contributed by atoms with Gasteiger partial charge in [-0.05, 0) is 49.3 Å². The molecule has 3 rings (SSSR count). The summed E-state index contributed by atoms with van der Waals surface area (Å²) in [5.41, 5.74) is 1.50. The first-order chi connectivity index (χ1) is 13.1. The number of rotatable bonds is 4. The maximum atomic E-state index is 13.2. The van der Waals surface area contributed by atoms with Crippen LogP contribution in [-0.4, -0.2) is 38.6 Å². The van der Waals surface area contributed by atoms with Crippen molar-refractivity contribution in [1.29, 1.82) is 0 Å². The third-order valence-corrected chi connectivity index (χ3v) is 5.57. The smallest absolute Gasteiger partial charge is 0.304 e. The first-order valence-electron chi connectivity index (χ1n) is 9.18. The highest BCUT2D eigenvalue weighted by Gasteiger charge is 2.51. The molecule has 6 nitrogen and oxygen atoms in total. The summed E-state index contributed by atoms with van der Waals surface area (Å²) in [6, 6.07) is 9.07. The van der Waals surface area contributed by atoms with Crippen molar-refractivity contribution in [3.63, 3.8) is 0 Å². The first kappa shape index (κ1) is 20.3. The Morgan fingerprint density at radius 2 is 1.71 bits per heavy atom. The largest absolute Gasteiger partial charge is 0.332 e. The van der Waals surface area contributed by atoms with Gasteiger partial charge in [-0.25, -0.2) is 19.7 Å². The molecule has 1 fully saturated rings. The molecule has 1 aliphatic heterocycles. The molecule has 148 valence electrons. The summed E-state index contributed by atoms with van der Waals surface area (Å²) >= 11 is 1.44. The monoisotopic (exact) mass is 398 g/mol. The molecule has 0 saturated carbocycles. The van der Waals surface area contributed by atoms with Gasteiger partial charge in [0, 0.05) is 6.20 Å². The maximum absolute atomic E-state index is 13.2. The number of anilines is 1. The van der Waals surface area contributed by atoms with Crippen molar-refractivity contribution in [2.45, 2.75) is 57.3 Å². The van der Waals surface area contributed by atoms with E-state index in [1.54, 1.807) is 31.0 Å². The molecule has 0 atom stereocenters. The fourth-order valence-corrected chi connectivity index (χ4v) is 3.54. The molecular weight excluding hydrogens is 372 g/mol. The Labute approximate surface area is 170 Å². The molecular formula is C21H26N4O2S. The minimum Gasteiger partial charge on any atom is -0.304 e. The second kappa shape index (κ2) is 7.20. The molecule has 1 saturated heterocycles. The number of aromatic nitrogens is 2. The number of urea groups is 1. The lowest BCUT2D eigenvalue weighted by molar-refractivity contribution is -0.123. The summed E-state index contributed by atoms with van der Waals surface area (Å²) in [5, 5.41) is 0.642. The van der Waals surface area contributed by atoms with Gasteiger partial charge >= 0.3 is 6.03 Å². The summed E-state index contributed by atoms with van der Waals surface area (Å²) in [4.78, 5) is 37.7. The minimum absolute atomic E-state index is 0.00484. The molecule has 7 heteroatoms. The number of imide groups is 1. The molecule has 1 aliphatic rings. The summed E-state index contributed by atoms with van der Waals surface area (Å²) in [6.45, 7) is 10.2. The lowest BCUT2D eigenvalue weighted by Crippen LogP contribution is -2.43. The van der Waals surface area contributed by atoms with Crippen LogP contribution >= 0.6 is 11.8 Å². The van der Waals surface area contributed by atoms with Crippen molar-refractivity contribution in [3.8, 4) is 0 Å². The topological polar surface area (TPSA) is 66.4 Å². The van der Waals surface area contributed by atoms with Gasteiger partial charge in [0.05, 0.1) is 17.9 Å². The molecule has 0 unspecified atom stereocenters. The SMILES string of the molecule is CSc1nccc(CN2C(=O)N(c3ccc(C(C)(C)C)cc3)C(=O)C2(C)C)n1. The highest BCUT2D eigenvalue weighted by molar-refractivity contribution is 7.98. The third-order valence-electron chi connectivity index (χ3n) is 5.01. The summed E-state index contributed by atoms with van der Waals surface area (Å²) < 4.78 is 0. The van der Waals surface area contributed by atoms with Crippen molar-refractivity contribution in [1.82, 2.24) is 14.9 Å². The number of hydrogen-bond donors (Lipinski definition) is 0. The van der Waals surface area contributed by atoms with Crippen LogP contribution in [0.5, 0.6) is 0 Å². The zero-order valence-electron chi connectivity index (χ0n) is 17.2. The fraction of sp³-hybridized carbons (Fsp3) is 0.429. The maximum Gasteiger partial charge on any atom is 0.332 e. The Morgan fingerprint density at radius 1 is 1.07 bits per heavy atom. The van der Waals surface area contributed by atoms with E-state index in [0.29, 0.717) is 16.5 Å². The van der Waals surface area contributed by atoms with E-state index in [-0.39, 0.29) is 23.9 Å². The lowest BCUT2D eigenvalue weighted by atomic mass is 9.87. The standard InChI is InChI=1S/C21H26N4O2S/c1-20(2,3)14-7-9-16(10-8-14)25-17(26)21(4,5)24(19(25)27)13-15-11-12-22-18(23-15)28-6/h7-12H,13H2,1-6H3. The van der Waals surface area contributed by atoms with Crippen molar-refractivity contribution >= 4 is 29.4 Å². The Morgan fingerprint density at radius 3 is 2.29 bits per heavy atom. The molecule has 0 N–H and O–H groups in total. The van der Waals surface area contributed by atoms with Gasteiger partial charge in [-0.2, -0.15) is 0 Å². The van der Waals surface area contributed by atoms with Crippen LogP contribution in [-0.2, 0) is 16.8 Å². The van der Waals surface area contributed by atoms with Gasteiger partial charge in [-0.3, -0.25) is 4.79 Å². The van der Waals surface area contributed by atoms with Gasteiger partial charge in [0.25, 0.3) is 5.91 Å². The van der Waals surface area contributed by atoms with Crippen molar-refractivity contribution in [3.05, 3.63) is 47.8 Å². The number of nitrogens with zero attached hydrogens (tertiary/aromatic N) is 4. The van der Waals surface area contributed by atoms with Gasteiger partial charge in [0.1, 0.15) is 5.54 Å². The van der Waals surface area contributed by atoms with Gasteiger partial charge in [-0.1, -0.05) is 44.7 Å². The van der Waals surface area contributed by atoms with E-state index in [1.165, 1.54) is 16.7 Å². The van der Waals surface area contributed by atoms with E-state index in [9.17, 15) is 9.59 Å². The molecule has 0 radical (unpaired) electrons. The molecule has 1 aromatic heterocycles. The molecule has 0 spiro atoms. The van der Waals surface area contributed by atoms with E-state index < -0.39 is 5.54 Å². The van der Waals surface area contributed by atoms with E-state index in [2.05, 4.69) is 30.7 Å². The zero-order valence-corrected chi connectivity index (χ0v) is 18.0. The van der Waals surface area contributed by atoms with Crippen LogP contribution in [0.4, 0.5) is 10.5 Å². The quantitative estimate of drug-likeness (QED) is 0.438. The van der Waals surface area contributed by atoms with Crippen molar-refractivity contribution in [2.24, 2.45) is 0 Å². The van der Waals surface area contributed by atoms with Crippen LogP contribution in [0.2, 0.25) is 0 Å².